The Labute approximate surface area is 103 Å². The zero-order valence-electron chi connectivity index (χ0n) is 10.7. The van der Waals surface area contributed by atoms with Crippen LogP contribution in [-0.4, -0.2) is 16.6 Å². The van der Waals surface area contributed by atoms with Gasteiger partial charge in [-0.15, -0.1) is 0 Å². The van der Waals surface area contributed by atoms with Gasteiger partial charge in [0.2, 0.25) is 0 Å². The number of nitrogens with one attached hydrogen (secondary N) is 1. The highest BCUT2D eigenvalue weighted by molar-refractivity contribution is 5.33. The van der Waals surface area contributed by atoms with Gasteiger partial charge in [0.05, 0.1) is 0 Å². The highest BCUT2D eigenvalue weighted by atomic mass is 15.0. The van der Waals surface area contributed by atoms with Crippen LogP contribution in [0.3, 0.4) is 0 Å². The number of nitrogens with zero attached hydrogens (tertiary/aromatic N) is 2. The van der Waals surface area contributed by atoms with Crippen LogP contribution in [-0.2, 0) is 20.0 Å². The summed E-state index contributed by atoms with van der Waals surface area (Å²) in [5.74, 6) is 1.10. The van der Waals surface area contributed by atoms with Crippen LogP contribution >= 0.6 is 0 Å². The predicted molar refractivity (Wildman–Crippen MR) is 70.0 cm³/mol. The molecule has 0 unspecified atom stereocenters. The fourth-order valence-corrected chi connectivity index (χ4v) is 2.02. The van der Waals surface area contributed by atoms with E-state index >= 15 is 0 Å². The molecule has 1 aromatic heterocycles. The summed E-state index contributed by atoms with van der Waals surface area (Å²) in [6.07, 6.45) is 4.73. The molecule has 90 valence electrons. The van der Waals surface area contributed by atoms with E-state index in [9.17, 15) is 0 Å². The number of rotatable bonds is 4. The van der Waals surface area contributed by atoms with Crippen molar-refractivity contribution >= 4 is 0 Å². The zero-order chi connectivity index (χ0) is 12.3. The molecule has 0 atom stereocenters. The molecule has 1 aromatic carbocycles. The van der Waals surface area contributed by atoms with Crippen molar-refractivity contribution in [2.45, 2.75) is 19.9 Å². The smallest absolute Gasteiger partial charge is 0.112 e. The maximum atomic E-state index is 4.38. The van der Waals surface area contributed by atoms with Crippen LogP contribution in [0.2, 0.25) is 0 Å². The van der Waals surface area contributed by atoms with Gasteiger partial charge in [-0.05, 0) is 25.1 Å². The molecule has 1 heterocycles. The summed E-state index contributed by atoms with van der Waals surface area (Å²) < 4.78 is 2.07. The Kier molecular flexibility index (Phi) is 3.59. The standard InChI is InChI=1S/C14H19N3/c1-11-4-5-12(10-15-2)13(8-11)9-14-16-6-7-17(14)3/h4-8,15H,9-10H2,1-3H3. The summed E-state index contributed by atoms with van der Waals surface area (Å²) in [7, 11) is 4.01. The molecular formula is C14H19N3. The van der Waals surface area contributed by atoms with Crippen molar-refractivity contribution in [3.63, 3.8) is 0 Å². The van der Waals surface area contributed by atoms with E-state index in [1.54, 1.807) is 0 Å². The molecule has 0 spiro atoms. The number of benzene rings is 1. The first-order valence-electron chi connectivity index (χ1n) is 5.90. The van der Waals surface area contributed by atoms with Gasteiger partial charge in [-0.1, -0.05) is 23.8 Å². The summed E-state index contributed by atoms with van der Waals surface area (Å²) >= 11 is 0. The average molecular weight is 229 g/mol. The maximum absolute atomic E-state index is 4.38. The largest absolute Gasteiger partial charge is 0.338 e. The van der Waals surface area contributed by atoms with E-state index in [1.807, 2.05) is 26.5 Å². The van der Waals surface area contributed by atoms with Crippen molar-refractivity contribution in [2.75, 3.05) is 7.05 Å². The summed E-state index contributed by atoms with van der Waals surface area (Å²) in [4.78, 5) is 4.38. The summed E-state index contributed by atoms with van der Waals surface area (Å²) in [5.41, 5.74) is 4.00. The summed E-state index contributed by atoms with van der Waals surface area (Å²) in [5, 5.41) is 3.21. The lowest BCUT2D eigenvalue weighted by molar-refractivity contribution is 0.786. The maximum Gasteiger partial charge on any atom is 0.112 e. The predicted octanol–water partition coefficient (Wildman–Crippen LogP) is 2.04. The fraction of sp³-hybridized carbons (Fsp3) is 0.357. The van der Waals surface area contributed by atoms with Gasteiger partial charge < -0.3 is 9.88 Å². The minimum atomic E-state index is 0.891. The van der Waals surface area contributed by atoms with Gasteiger partial charge in [-0.2, -0.15) is 0 Å². The van der Waals surface area contributed by atoms with E-state index in [4.69, 9.17) is 0 Å². The number of aromatic nitrogens is 2. The molecule has 0 aliphatic rings. The second-order valence-corrected chi connectivity index (χ2v) is 4.43. The molecule has 0 amide bonds. The van der Waals surface area contributed by atoms with Gasteiger partial charge in [-0.3, -0.25) is 0 Å². The lowest BCUT2D eigenvalue weighted by atomic mass is 10.0. The molecule has 0 saturated heterocycles. The second kappa shape index (κ2) is 5.15. The molecule has 0 bridgehead atoms. The van der Waals surface area contributed by atoms with Crippen LogP contribution in [0.25, 0.3) is 0 Å². The number of hydrogen-bond acceptors (Lipinski definition) is 2. The molecule has 3 heteroatoms. The average Bonchev–Trinajstić information content (AvgIpc) is 2.69. The Morgan fingerprint density at radius 2 is 2.12 bits per heavy atom. The summed E-state index contributed by atoms with van der Waals surface area (Å²) in [6.45, 7) is 3.03. The number of aryl methyl sites for hydroxylation is 2. The van der Waals surface area contributed by atoms with Gasteiger partial charge in [0.25, 0.3) is 0 Å². The van der Waals surface area contributed by atoms with E-state index in [1.165, 1.54) is 16.7 Å². The van der Waals surface area contributed by atoms with Crippen molar-refractivity contribution in [1.29, 1.82) is 0 Å². The second-order valence-electron chi connectivity index (χ2n) is 4.43. The first kappa shape index (κ1) is 11.9. The lowest BCUT2D eigenvalue weighted by Crippen LogP contribution is -2.09. The van der Waals surface area contributed by atoms with Crippen LogP contribution in [0.1, 0.15) is 22.5 Å². The van der Waals surface area contributed by atoms with Crippen molar-refractivity contribution in [3.8, 4) is 0 Å². The molecule has 0 saturated carbocycles. The van der Waals surface area contributed by atoms with E-state index in [0.29, 0.717) is 0 Å². The molecule has 0 aliphatic heterocycles. The Morgan fingerprint density at radius 1 is 1.29 bits per heavy atom. The number of hydrogen-bond donors (Lipinski definition) is 1. The summed E-state index contributed by atoms with van der Waals surface area (Å²) in [6, 6.07) is 6.61. The quantitative estimate of drug-likeness (QED) is 0.869. The van der Waals surface area contributed by atoms with Gasteiger partial charge in [0, 0.05) is 32.4 Å². The third kappa shape index (κ3) is 2.74. The van der Waals surface area contributed by atoms with E-state index in [0.717, 1.165) is 18.8 Å². The SMILES string of the molecule is CNCc1ccc(C)cc1Cc1nccn1C. The van der Waals surface area contributed by atoms with Crippen LogP contribution in [0.15, 0.2) is 30.6 Å². The molecule has 1 N–H and O–H groups in total. The van der Waals surface area contributed by atoms with Gasteiger partial charge in [0.1, 0.15) is 5.82 Å². The first-order valence-corrected chi connectivity index (χ1v) is 5.90. The minimum absolute atomic E-state index is 0.891. The van der Waals surface area contributed by atoms with E-state index < -0.39 is 0 Å². The fourth-order valence-electron chi connectivity index (χ4n) is 2.02. The molecule has 17 heavy (non-hydrogen) atoms. The van der Waals surface area contributed by atoms with Crippen LogP contribution in [0, 0.1) is 6.92 Å². The van der Waals surface area contributed by atoms with E-state index in [2.05, 4.69) is 40.0 Å². The third-order valence-electron chi connectivity index (χ3n) is 3.00. The molecule has 2 aromatic rings. The normalized spacial score (nSPS) is 10.8. The lowest BCUT2D eigenvalue weighted by Gasteiger charge is -2.10. The van der Waals surface area contributed by atoms with E-state index in [-0.39, 0.29) is 0 Å². The van der Waals surface area contributed by atoms with Gasteiger partial charge in [-0.25, -0.2) is 4.98 Å². The Morgan fingerprint density at radius 3 is 2.76 bits per heavy atom. The van der Waals surface area contributed by atoms with Crippen LogP contribution < -0.4 is 5.32 Å². The molecule has 0 aliphatic carbocycles. The topological polar surface area (TPSA) is 29.9 Å². The highest BCUT2D eigenvalue weighted by Gasteiger charge is 2.06. The molecule has 2 rings (SSSR count). The molecular weight excluding hydrogens is 210 g/mol. The Hall–Kier alpha value is -1.61. The van der Waals surface area contributed by atoms with Crippen molar-refractivity contribution < 1.29 is 0 Å². The zero-order valence-corrected chi connectivity index (χ0v) is 10.7. The van der Waals surface area contributed by atoms with Crippen molar-refractivity contribution in [1.82, 2.24) is 14.9 Å². The van der Waals surface area contributed by atoms with Crippen molar-refractivity contribution in [3.05, 3.63) is 53.1 Å². The third-order valence-corrected chi connectivity index (χ3v) is 3.00. The Bertz CT molecular complexity index is 500. The molecule has 3 nitrogen and oxygen atoms in total. The Balaban J connectivity index is 2.30. The monoisotopic (exact) mass is 229 g/mol. The first-order chi connectivity index (χ1) is 8.20. The van der Waals surface area contributed by atoms with Crippen LogP contribution in [0.4, 0.5) is 0 Å². The highest BCUT2D eigenvalue weighted by Crippen LogP contribution is 2.15. The van der Waals surface area contributed by atoms with Gasteiger partial charge in [0.15, 0.2) is 0 Å². The number of imidazole rings is 1. The minimum Gasteiger partial charge on any atom is -0.338 e. The molecule has 0 radical (unpaired) electrons. The van der Waals surface area contributed by atoms with Gasteiger partial charge >= 0.3 is 0 Å². The van der Waals surface area contributed by atoms with Crippen molar-refractivity contribution in [2.24, 2.45) is 7.05 Å². The van der Waals surface area contributed by atoms with Crippen LogP contribution in [0.5, 0.6) is 0 Å². The molecule has 0 fully saturated rings.